The number of carbonyl (C=O) groups is 1. The highest BCUT2D eigenvalue weighted by atomic mass is 79.9. The quantitative estimate of drug-likeness (QED) is 0.911. The number of nitrogens with one attached hydrogen (secondary N) is 1. The van der Waals surface area contributed by atoms with Crippen LogP contribution in [0.25, 0.3) is 0 Å². The molecule has 0 saturated heterocycles. The summed E-state index contributed by atoms with van der Waals surface area (Å²) in [7, 11) is 0. The van der Waals surface area contributed by atoms with Gasteiger partial charge in [0.05, 0.1) is 17.1 Å². The van der Waals surface area contributed by atoms with Gasteiger partial charge in [-0.2, -0.15) is 0 Å². The molecule has 1 heterocycles. The Morgan fingerprint density at radius 1 is 1.56 bits per heavy atom. The molecule has 2 aromatic rings. The third kappa shape index (κ3) is 3.08. The van der Waals surface area contributed by atoms with Crippen molar-refractivity contribution in [1.29, 1.82) is 0 Å². The Morgan fingerprint density at radius 3 is 2.94 bits per heavy atom. The molecule has 0 unspecified atom stereocenters. The van der Waals surface area contributed by atoms with E-state index in [0.29, 0.717) is 6.54 Å². The summed E-state index contributed by atoms with van der Waals surface area (Å²) in [6.45, 7) is 2.33. The Labute approximate surface area is 117 Å². The minimum absolute atomic E-state index is 0.0395. The number of aromatic hydroxyl groups is 1. The molecule has 0 aliphatic carbocycles. The number of amides is 1. The highest BCUT2D eigenvalue weighted by Crippen LogP contribution is 2.22. The van der Waals surface area contributed by atoms with Gasteiger partial charge in [-0.15, -0.1) is 11.3 Å². The molecule has 0 aliphatic rings. The molecule has 0 atom stereocenters. The van der Waals surface area contributed by atoms with Crippen LogP contribution >= 0.6 is 27.3 Å². The molecule has 1 aromatic heterocycles. The Morgan fingerprint density at radius 2 is 2.33 bits per heavy atom. The van der Waals surface area contributed by atoms with Crippen LogP contribution in [0.5, 0.6) is 5.75 Å². The average molecular weight is 327 g/mol. The van der Waals surface area contributed by atoms with E-state index in [1.54, 1.807) is 18.3 Å². The first kappa shape index (κ1) is 13.0. The monoisotopic (exact) mass is 326 g/mol. The van der Waals surface area contributed by atoms with Gasteiger partial charge in [0.2, 0.25) is 0 Å². The number of hydrogen-bond donors (Lipinski definition) is 2. The van der Waals surface area contributed by atoms with Crippen LogP contribution in [0.2, 0.25) is 0 Å². The summed E-state index contributed by atoms with van der Waals surface area (Å²) in [6, 6.07) is 4.78. The van der Waals surface area contributed by atoms with Crippen molar-refractivity contribution in [3.8, 4) is 5.75 Å². The van der Waals surface area contributed by atoms with Crippen LogP contribution in [0.3, 0.4) is 0 Å². The molecule has 0 fully saturated rings. The first-order valence-corrected chi connectivity index (χ1v) is 6.85. The Balaban J connectivity index is 2.03. The smallest absolute Gasteiger partial charge is 0.255 e. The van der Waals surface area contributed by atoms with Crippen molar-refractivity contribution in [2.45, 2.75) is 13.5 Å². The number of thiazole rings is 1. The Hall–Kier alpha value is -1.40. The SMILES string of the molecule is Cc1ncc(CNC(=O)c2ccc(Br)cc2O)s1. The van der Waals surface area contributed by atoms with Crippen LogP contribution in [-0.2, 0) is 6.54 Å². The topological polar surface area (TPSA) is 62.2 Å². The second-order valence-electron chi connectivity index (χ2n) is 3.69. The summed E-state index contributed by atoms with van der Waals surface area (Å²) in [4.78, 5) is 16.9. The summed E-state index contributed by atoms with van der Waals surface area (Å²) < 4.78 is 0.731. The fraction of sp³-hybridized carbons (Fsp3) is 0.167. The van der Waals surface area contributed by atoms with Gasteiger partial charge in [-0.05, 0) is 25.1 Å². The van der Waals surface area contributed by atoms with E-state index in [2.05, 4.69) is 26.2 Å². The molecule has 0 saturated carbocycles. The van der Waals surface area contributed by atoms with Gasteiger partial charge in [-0.3, -0.25) is 4.79 Å². The second-order valence-corrected chi connectivity index (χ2v) is 5.92. The molecule has 1 aromatic carbocycles. The number of phenolic OH excluding ortho intramolecular Hbond substituents is 1. The molecule has 2 rings (SSSR count). The van der Waals surface area contributed by atoms with Gasteiger partial charge in [0.25, 0.3) is 5.91 Å². The van der Waals surface area contributed by atoms with Crippen LogP contribution in [0.4, 0.5) is 0 Å². The third-order valence-electron chi connectivity index (χ3n) is 2.30. The molecular formula is C12H11BrN2O2S. The highest BCUT2D eigenvalue weighted by Gasteiger charge is 2.11. The zero-order valence-electron chi connectivity index (χ0n) is 9.61. The van der Waals surface area contributed by atoms with Crippen LogP contribution in [-0.4, -0.2) is 16.0 Å². The van der Waals surface area contributed by atoms with Crippen molar-refractivity contribution in [3.05, 3.63) is 44.3 Å². The molecule has 0 bridgehead atoms. The van der Waals surface area contributed by atoms with Gasteiger partial charge in [0.1, 0.15) is 5.75 Å². The lowest BCUT2D eigenvalue weighted by Crippen LogP contribution is -2.22. The fourth-order valence-electron chi connectivity index (χ4n) is 1.45. The summed E-state index contributed by atoms with van der Waals surface area (Å²) in [5, 5.41) is 13.4. The van der Waals surface area contributed by atoms with Crippen LogP contribution in [0.1, 0.15) is 20.2 Å². The highest BCUT2D eigenvalue weighted by molar-refractivity contribution is 9.10. The van der Waals surface area contributed by atoms with Crippen molar-refractivity contribution in [2.24, 2.45) is 0 Å². The minimum Gasteiger partial charge on any atom is -0.507 e. The second kappa shape index (κ2) is 5.49. The number of halogens is 1. The lowest BCUT2D eigenvalue weighted by Gasteiger charge is -2.05. The number of aromatic nitrogens is 1. The first-order valence-electron chi connectivity index (χ1n) is 5.24. The van der Waals surface area contributed by atoms with E-state index >= 15 is 0 Å². The minimum atomic E-state index is -0.300. The van der Waals surface area contributed by atoms with Gasteiger partial charge in [-0.25, -0.2) is 4.98 Å². The van der Waals surface area contributed by atoms with Crippen molar-refractivity contribution >= 4 is 33.2 Å². The third-order valence-corrected chi connectivity index (χ3v) is 3.70. The molecule has 0 aliphatic heterocycles. The molecule has 0 spiro atoms. The Kier molecular flexibility index (Phi) is 3.98. The first-order chi connectivity index (χ1) is 8.56. The number of aryl methyl sites for hydroxylation is 1. The Bertz CT molecular complexity index is 583. The van der Waals surface area contributed by atoms with E-state index in [1.807, 2.05) is 6.92 Å². The molecule has 94 valence electrons. The van der Waals surface area contributed by atoms with E-state index in [-0.39, 0.29) is 17.2 Å². The molecule has 18 heavy (non-hydrogen) atoms. The van der Waals surface area contributed by atoms with Crippen molar-refractivity contribution in [2.75, 3.05) is 0 Å². The maximum atomic E-state index is 11.9. The molecule has 0 radical (unpaired) electrons. The number of benzene rings is 1. The summed E-state index contributed by atoms with van der Waals surface area (Å²) in [5.41, 5.74) is 0.263. The lowest BCUT2D eigenvalue weighted by molar-refractivity contribution is 0.0948. The summed E-state index contributed by atoms with van der Waals surface area (Å²) in [5.74, 6) is -0.339. The molecule has 2 N–H and O–H groups in total. The largest absolute Gasteiger partial charge is 0.507 e. The van der Waals surface area contributed by atoms with E-state index < -0.39 is 0 Å². The van der Waals surface area contributed by atoms with E-state index in [0.717, 1.165) is 14.4 Å². The number of nitrogens with zero attached hydrogens (tertiary/aromatic N) is 1. The molecule has 1 amide bonds. The van der Waals surface area contributed by atoms with E-state index in [9.17, 15) is 9.90 Å². The summed E-state index contributed by atoms with van der Waals surface area (Å²) in [6.07, 6.45) is 1.74. The number of carbonyl (C=O) groups excluding carboxylic acids is 1. The normalized spacial score (nSPS) is 10.3. The van der Waals surface area contributed by atoms with Gasteiger partial charge >= 0.3 is 0 Å². The fourth-order valence-corrected chi connectivity index (χ4v) is 2.53. The zero-order valence-corrected chi connectivity index (χ0v) is 12.0. The maximum Gasteiger partial charge on any atom is 0.255 e. The predicted octanol–water partition coefficient (Wildman–Crippen LogP) is 2.85. The van der Waals surface area contributed by atoms with Crippen molar-refractivity contribution < 1.29 is 9.90 Å². The predicted molar refractivity (Wildman–Crippen MR) is 73.8 cm³/mol. The van der Waals surface area contributed by atoms with Gasteiger partial charge in [0, 0.05) is 15.5 Å². The summed E-state index contributed by atoms with van der Waals surface area (Å²) >= 11 is 4.76. The van der Waals surface area contributed by atoms with Gasteiger partial charge < -0.3 is 10.4 Å². The zero-order chi connectivity index (χ0) is 13.1. The number of hydrogen-bond acceptors (Lipinski definition) is 4. The van der Waals surface area contributed by atoms with E-state index in [4.69, 9.17) is 0 Å². The molecule has 4 nitrogen and oxygen atoms in total. The molecular weight excluding hydrogens is 316 g/mol. The molecule has 6 heteroatoms. The number of phenols is 1. The van der Waals surface area contributed by atoms with E-state index in [1.165, 1.54) is 17.4 Å². The number of rotatable bonds is 3. The van der Waals surface area contributed by atoms with Crippen LogP contribution in [0, 0.1) is 6.92 Å². The van der Waals surface area contributed by atoms with Gasteiger partial charge in [0.15, 0.2) is 0 Å². The van der Waals surface area contributed by atoms with Crippen molar-refractivity contribution in [3.63, 3.8) is 0 Å². The van der Waals surface area contributed by atoms with Crippen LogP contribution in [0.15, 0.2) is 28.9 Å². The average Bonchev–Trinajstić information content (AvgIpc) is 2.72. The standard InChI is InChI=1S/C12H11BrN2O2S/c1-7-14-5-9(18-7)6-15-12(17)10-3-2-8(13)4-11(10)16/h2-5,16H,6H2,1H3,(H,15,17). The van der Waals surface area contributed by atoms with Crippen LogP contribution < -0.4 is 5.32 Å². The lowest BCUT2D eigenvalue weighted by atomic mass is 10.2. The maximum absolute atomic E-state index is 11.9. The van der Waals surface area contributed by atoms with Gasteiger partial charge in [-0.1, -0.05) is 15.9 Å². The van der Waals surface area contributed by atoms with Crippen molar-refractivity contribution in [1.82, 2.24) is 10.3 Å².